The van der Waals surface area contributed by atoms with Crippen molar-refractivity contribution in [2.45, 2.75) is 6.92 Å². The molecule has 0 radical (unpaired) electrons. The van der Waals surface area contributed by atoms with E-state index >= 15 is 0 Å². The van der Waals surface area contributed by atoms with Crippen LogP contribution in [0.1, 0.15) is 18.1 Å². The maximum absolute atomic E-state index is 5.22. The Labute approximate surface area is 126 Å². The molecular weight excluding hydrogens is 260 g/mol. The molecule has 0 aliphatic carbocycles. The van der Waals surface area contributed by atoms with E-state index in [0.29, 0.717) is 0 Å². The van der Waals surface area contributed by atoms with Gasteiger partial charge in [0.25, 0.3) is 0 Å². The summed E-state index contributed by atoms with van der Waals surface area (Å²) >= 11 is 0. The quantitative estimate of drug-likeness (QED) is 0.738. The van der Waals surface area contributed by atoms with Crippen molar-refractivity contribution in [2.75, 3.05) is 14.2 Å². The molecule has 0 aliphatic heterocycles. The molecule has 0 aromatic heterocycles. The topological polar surface area (TPSA) is 18.5 Å². The largest absolute Gasteiger partial charge is 0.497 e. The van der Waals surface area contributed by atoms with Gasteiger partial charge in [0, 0.05) is 0 Å². The van der Waals surface area contributed by atoms with Gasteiger partial charge >= 0.3 is 0 Å². The maximum Gasteiger partial charge on any atom is 0.118 e. The number of rotatable bonds is 5. The van der Waals surface area contributed by atoms with Gasteiger partial charge in [0.15, 0.2) is 0 Å². The highest BCUT2D eigenvalue weighted by Crippen LogP contribution is 2.27. The smallest absolute Gasteiger partial charge is 0.118 e. The van der Waals surface area contributed by atoms with Crippen LogP contribution in [-0.4, -0.2) is 14.2 Å². The van der Waals surface area contributed by atoms with Gasteiger partial charge in [0.05, 0.1) is 14.2 Å². The molecule has 0 saturated heterocycles. The van der Waals surface area contributed by atoms with Crippen molar-refractivity contribution in [3.8, 4) is 11.5 Å². The summed E-state index contributed by atoms with van der Waals surface area (Å²) in [6.45, 7) is 2.01. The first-order chi connectivity index (χ1) is 10.3. The van der Waals surface area contributed by atoms with E-state index in [4.69, 9.17) is 9.47 Å². The van der Waals surface area contributed by atoms with E-state index < -0.39 is 0 Å². The zero-order valence-electron chi connectivity index (χ0n) is 12.7. The van der Waals surface area contributed by atoms with E-state index in [1.54, 1.807) is 14.2 Å². The van der Waals surface area contributed by atoms with Crippen molar-refractivity contribution in [1.82, 2.24) is 0 Å². The molecule has 2 aromatic carbocycles. The van der Waals surface area contributed by atoms with Gasteiger partial charge in [-0.3, -0.25) is 0 Å². The fourth-order valence-electron chi connectivity index (χ4n) is 2.09. The summed E-state index contributed by atoms with van der Waals surface area (Å²) in [6, 6.07) is 16.2. The Bertz CT molecular complexity index is 570. The lowest BCUT2D eigenvalue weighted by molar-refractivity contribution is 0.414. The van der Waals surface area contributed by atoms with Gasteiger partial charge in [0.2, 0.25) is 0 Å². The summed E-state index contributed by atoms with van der Waals surface area (Å²) in [4.78, 5) is 0. The summed E-state index contributed by atoms with van der Waals surface area (Å²) in [7, 11) is 3.35. The first kappa shape index (κ1) is 14.9. The highest BCUT2D eigenvalue weighted by molar-refractivity contribution is 5.81. The Kier molecular flexibility index (Phi) is 5.22. The molecule has 0 saturated carbocycles. The number of hydrogen-bond acceptors (Lipinski definition) is 2. The van der Waals surface area contributed by atoms with Gasteiger partial charge in [-0.05, 0) is 47.9 Å². The number of allylic oxidation sites excluding steroid dienone is 3. The van der Waals surface area contributed by atoms with Crippen LogP contribution in [0.5, 0.6) is 11.5 Å². The van der Waals surface area contributed by atoms with E-state index in [1.807, 2.05) is 43.3 Å². The number of methoxy groups -OCH3 is 2. The van der Waals surface area contributed by atoms with E-state index in [-0.39, 0.29) is 0 Å². The van der Waals surface area contributed by atoms with Gasteiger partial charge in [-0.15, -0.1) is 0 Å². The van der Waals surface area contributed by atoms with E-state index in [0.717, 1.165) is 22.6 Å². The van der Waals surface area contributed by atoms with Crippen molar-refractivity contribution >= 4 is 5.57 Å². The Morgan fingerprint density at radius 2 is 1.19 bits per heavy atom. The second kappa shape index (κ2) is 7.34. The fourth-order valence-corrected chi connectivity index (χ4v) is 2.09. The molecule has 2 aromatic rings. The number of benzene rings is 2. The molecule has 2 nitrogen and oxygen atoms in total. The van der Waals surface area contributed by atoms with Gasteiger partial charge in [0.1, 0.15) is 11.5 Å². The van der Waals surface area contributed by atoms with Crippen LogP contribution in [0, 0.1) is 0 Å². The molecule has 2 heteroatoms. The minimum Gasteiger partial charge on any atom is -0.497 e. The van der Waals surface area contributed by atoms with E-state index in [2.05, 4.69) is 30.3 Å². The molecule has 21 heavy (non-hydrogen) atoms. The van der Waals surface area contributed by atoms with Crippen LogP contribution in [0.2, 0.25) is 0 Å². The van der Waals surface area contributed by atoms with Crippen LogP contribution in [-0.2, 0) is 0 Å². The summed E-state index contributed by atoms with van der Waals surface area (Å²) in [5, 5.41) is 0. The van der Waals surface area contributed by atoms with Gasteiger partial charge in [-0.25, -0.2) is 0 Å². The molecule has 0 N–H and O–H groups in total. The lowest BCUT2D eigenvalue weighted by Crippen LogP contribution is -1.90. The second-order valence-electron chi connectivity index (χ2n) is 4.56. The summed E-state index contributed by atoms with van der Waals surface area (Å²) < 4.78 is 10.4. The molecule has 0 unspecified atom stereocenters. The summed E-state index contributed by atoms with van der Waals surface area (Å²) in [5.41, 5.74) is 3.47. The zero-order valence-corrected chi connectivity index (χ0v) is 12.7. The predicted octanol–water partition coefficient (Wildman–Crippen LogP) is 4.71. The van der Waals surface area contributed by atoms with Crippen LogP contribution < -0.4 is 9.47 Å². The SMILES string of the molecule is C/C=C/C=C(c1ccc(OC)cc1)c1ccc(OC)cc1. The summed E-state index contributed by atoms with van der Waals surface area (Å²) in [6.07, 6.45) is 6.18. The standard InChI is InChI=1S/C19H20O2/c1-4-5-6-19(15-7-11-17(20-2)12-8-15)16-9-13-18(21-3)14-10-16/h4-14H,1-3H3/b5-4+. The van der Waals surface area contributed by atoms with Crippen molar-refractivity contribution in [3.63, 3.8) is 0 Å². The molecule has 0 spiro atoms. The average molecular weight is 280 g/mol. The third-order valence-electron chi connectivity index (χ3n) is 3.26. The first-order valence-electron chi connectivity index (χ1n) is 6.90. The van der Waals surface area contributed by atoms with Crippen LogP contribution in [0.25, 0.3) is 5.57 Å². The monoisotopic (exact) mass is 280 g/mol. The Hall–Kier alpha value is -2.48. The molecule has 0 amide bonds. The average Bonchev–Trinajstić information content (AvgIpc) is 2.56. The first-order valence-corrected chi connectivity index (χ1v) is 6.90. The molecule has 0 heterocycles. The highest BCUT2D eigenvalue weighted by Gasteiger charge is 2.05. The van der Waals surface area contributed by atoms with Gasteiger partial charge in [-0.1, -0.05) is 42.5 Å². The molecular formula is C19H20O2. The van der Waals surface area contributed by atoms with Crippen LogP contribution in [0.3, 0.4) is 0 Å². The normalized spacial score (nSPS) is 10.4. The molecule has 108 valence electrons. The van der Waals surface area contributed by atoms with Crippen molar-refractivity contribution in [3.05, 3.63) is 77.9 Å². The Morgan fingerprint density at radius 3 is 1.52 bits per heavy atom. The lowest BCUT2D eigenvalue weighted by Gasteiger charge is -2.10. The highest BCUT2D eigenvalue weighted by atomic mass is 16.5. The van der Waals surface area contributed by atoms with Crippen molar-refractivity contribution < 1.29 is 9.47 Å². The second-order valence-corrected chi connectivity index (χ2v) is 4.56. The van der Waals surface area contributed by atoms with Gasteiger partial charge < -0.3 is 9.47 Å². The van der Waals surface area contributed by atoms with Crippen LogP contribution in [0.4, 0.5) is 0 Å². The van der Waals surface area contributed by atoms with Crippen LogP contribution >= 0.6 is 0 Å². The maximum atomic E-state index is 5.22. The molecule has 0 fully saturated rings. The third kappa shape index (κ3) is 3.76. The minimum absolute atomic E-state index is 0.860. The summed E-state index contributed by atoms with van der Waals surface area (Å²) in [5.74, 6) is 1.72. The van der Waals surface area contributed by atoms with E-state index in [1.165, 1.54) is 5.57 Å². The molecule has 0 atom stereocenters. The Morgan fingerprint density at radius 1 is 0.762 bits per heavy atom. The zero-order chi connectivity index (χ0) is 15.1. The van der Waals surface area contributed by atoms with E-state index in [9.17, 15) is 0 Å². The van der Waals surface area contributed by atoms with Crippen molar-refractivity contribution in [2.24, 2.45) is 0 Å². The van der Waals surface area contributed by atoms with Gasteiger partial charge in [-0.2, -0.15) is 0 Å². The van der Waals surface area contributed by atoms with Crippen LogP contribution in [0.15, 0.2) is 66.8 Å². The molecule has 0 bridgehead atoms. The minimum atomic E-state index is 0.860. The third-order valence-corrected chi connectivity index (χ3v) is 3.26. The number of ether oxygens (including phenoxy) is 2. The predicted molar refractivity (Wildman–Crippen MR) is 87.9 cm³/mol. The Balaban J connectivity index is 2.41. The molecule has 2 rings (SSSR count). The molecule has 0 aliphatic rings. The fraction of sp³-hybridized carbons (Fsp3) is 0.158. The van der Waals surface area contributed by atoms with Crippen molar-refractivity contribution in [1.29, 1.82) is 0 Å². The lowest BCUT2D eigenvalue weighted by atomic mass is 9.97. The number of hydrogen-bond donors (Lipinski definition) is 0.